The molecule has 0 spiro atoms. The van der Waals surface area contributed by atoms with Gasteiger partial charge in [0.15, 0.2) is 5.78 Å². The van der Waals surface area contributed by atoms with Gasteiger partial charge in [0.1, 0.15) is 11.7 Å². The van der Waals surface area contributed by atoms with Gasteiger partial charge in [0, 0.05) is 10.9 Å². The maximum atomic E-state index is 13.5. The van der Waals surface area contributed by atoms with E-state index in [2.05, 4.69) is 0 Å². The summed E-state index contributed by atoms with van der Waals surface area (Å²) in [5.41, 5.74) is 3.43. The topological polar surface area (TPSA) is 43.4 Å². The lowest BCUT2D eigenvalue weighted by molar-refractivity contribution is -0.151. The summed E-state index contributed by atoms with van der Waals surface area (Å²) in [6.45, 7) is 3.86. The van der Waals surface area contributed by atoms with Crippen molar-refractivity contribution in [1.82, 2.24) is 0 Å². The highest BCUT2D eigenvalue weighted by molar-refractivity contribution is 6.31. The molecule has 1 aliphatic rings. The molecule has 0 amide bonds. The third-order valence-electron chi connectivity index (χ3n) is 4.79. The van der Waals surface area contributed by atoms with Gasteiger partial charge in [0.25, 0.3) is 0 Å². The zero-order valence-corrected chi connectivity index (χ0v) is 15.9. The molecule has 0 aromatic heterocycles. The average Bonchev–Trinajstić information content (AvgIpc) is 2.62. The largest absolute Gasteiger partial charge is 0.465 e. The maximum Gasteiger partial charge on any atom is 0.317 e. The highest BCUT2D eigenvalue weighted by atomic mass is 35.5. The minimum absolute atomic E-state index is 0.182. The normalized spacial score (nSPS) is 19.6. The molecule has 2 aromatic rings. The summed E-state index contributed by atoms with van der Waals surface area (Å²) in [5.74, 6) is -2.85. The highest BCUT2D eigenvalue weighted by Crippen LogP contribution is 2.42. The number of carbonyl (C=O) groups is 2. The quantitative estimate of drug-likeness (QED) is 0.542. The van der Waals surface area contributed by atoms with Crippen LogP contribution >= 0.6 is 11.6 Å². The summed E-state index contributed by atoms with van der Waals surface area (Å²) in [7, 11) is 0. The number of aryl methyl sites for hydroxylation is 1. The Labute approximate surface area is 162 Å². The van der Waals surface area contributed by atoms with Gasteiger partial charge in [-0.25, -0.2) is 4.39 Å². The Balaban J connectivity index is 2.05. The van der Waals surface area contributed by atoms with Crippen LogP contribution in [0.4, 0.5) is 4.39 Å². The molecule has 0 N–H and O–H groups in total. The smallest absolute Gasteiger partial charge is 0.317 e. The maximum absolute atomic E-state index is 13.5. The number of hydrogen-bond acceptors (Lipinski definition) is 3. The second-order valence-corrected chi connectivity index (χ2v) is 7.05. The standard InChI is InChI=1S/C22H20ClFO3/c1-3-27-22(26)21-18(17-9-8-16(24)12-19(17)23)10-15(11-20(21)25)14-6-4-13(2)5-7-14/h4-9,11-12,18,21H,3,10H2,1-2H3/t18-,21-/m1/s1. The molecule has 27 heavy (non-hydrogen) atoms. The number of halogens is 2. The molecule has 140 valence electrons. The Morgan fingerprint density at radius 3 is 2.56 bits per heavy atom. The number of rotatable bonds is 4. The molecule has 0 saturated heterocycles. The van der Waals surface area contributed by atoms with E-state index in [0.29, 0.717) is 12.0 Å². The molecular formula is C22H20ClFO3. The number of ether oxygens (including phenoxy) is 1. The van der Waals surface area contributed by atoms with Crippen LogP contribution in [0.3, 0.4) is 0 Å². The van der Waals surface area contributed by atoms with E-state index in [1.807, 2.05) is 31.2 Å². The molecule has 3 nitrogen and oxygen atoms in total. The molecule has 0 bridgehead atoms. The number of benzene rings is 2. The van der Waals surface area contributed by atoms with Crippen LogP contribution in [0.1, 0.15) is 36.0 Å². The molecule has 1 aliphatic carbocycles. The fourth-order valence-corrected chi connectivity index (χ4v) is 3.75. The SMILES string of the molecule is CCOC(=O)[C@H]1C(=O)C=C(c2ccc(C)cc2)C[C@@H]1c1ccc(F)cc1Cl. The van der Waals surface area contributed by atoms with E-state index in [1.165, 1.54) is 18.2 Å². The van der Waals surface area contributed by atoms with Gasteiger partial charge in [-0.15, -0.1) is 0 Å². The molecule has 0 heterocycles. The molecule has 0 radical (unpaired) electrons. The van der Waals surface area contributed by atoms with Gasteiger partial charge < -0.3 is 4.74 Å². The molecule has 0 aliphatic heterocycles. The first-order chi connectivity index (χ1) is 12.9. The summed E-state index contributed by atoms with van der Waals surface area (Å²) in [4.78, 5) is 25.3. The molecule has 3 rings (SSSR count). The molecular weight excluding hydrogens is 367 g/mol. The molecule has 2 atom stereocenters. The van der Waals surface area contributed by atoms with E-state index >= 15 is 0 Å². The van der Waals surface area contributed by atoms with Gasteiger partial charge >= 0.3 is 5.97 Å². The number of ketones is 1. The highest BCUT2D eigenvalue weighted by Gasteiger charge is 2.40. The van der Waals surface area contributed by atoms with Crippen molar-refractivity contribution in [2.75, 3.05) is 6.61 Å². The van der Waals surface area contributed by atoms with Crippen molar-refractivity contribution in [2.45, 2.75) is 26.2 Å². The fourth-order valence-electron chi connectivity index (χ4n) is 3.45. The summed E-state index contributed by atoms with van der Waals surface area (Å²) in [5, 5.41) is 0.201. The van der Waals surface area contributed by atoms with Crippen molar-refractivity contribution in [1.29, 1.82) is 0 Å². The van der Waals surface area contributed by atoms with E-state index in [0.717, 1.165) is 16.7 Å². The first kappa shape index (κ1) is 19.3. The second-order valence-electron chi connectivity index (χ2n) is 6.64. The van der Waals surface area contributed by atoms with Gasteiger partial charge in [0.05, 0.1) is 6.61 Å². The van der Waals surface area contributed by atoms with Crippen LogP contribution in [0.5, 0.6) is 0 Å². The lowest BCUT2D eigenvalue weighted by Crippen LogP contribution is -2.34. The van der Waals surface area contributed by atoms with E-state index in [9.17, 15) is 14.0 Å². The van der Waals surface area contributed by atoms with Crippen molar-refractivity contribution < 1.29 is 18.7 Å². The monoisotopic (exact) mass is 386 g/mol. The molecule has 2 aromatic carbocycles. The zero-order valence-electron chi connectivity index (χ0n) is 15.2. The van der Waals surface area contributed by atoms with Crippen LogP contribution in [0.25, 0.3) is 5.57 Å². The van der Waals surface area contributed by atoms with E-state index in [-0.39, 0.29) is 17.4 Å². The zero-order chi connectivity index (χ0) is 19.6. The van der Waals surface area contributed by atoms with Gasteiger partial charge in [0.2, 0.25) is 0 Å². The van der Waals surface area contributed by atoms with Crippen LogP contribution in [-0.4, -0.2) is 18.4 Å². The van der Waals surface area contributed by atoms with Gasteiger partial charge in [-0.3, -0.25) is 9.59 Å². The first-order valence-corrected chi connectivity index (χ1v) is 9.21. The van der Waals surface area contributed by atoms with Gasteiger partial charge in [-0.1, -0.05) is 47.5 Å². The third kappa shape index (κ3) is 4.11. The van der Waals surface area contributed by atoms with Gasteiger partial charge in [-0.2, -0.15) is 0 Å². The Kier molecular flexibility index (Phi) is 5.76. The predicted octanol–water partition coefficient (Wildman–Crippen LogP) is 5.11. The van der Waals surface area contributed by atoms with Crippen LogP contribution < -0.4 is 0 Å². The van der Waals surface area contributed by atoms with E-state index in [1.54, 1.807) is 13.0 Å². The summed E-state index contributed by atoms with van der Waals surface area (Å²) in [6.07, 6.45) is 1.95. The van der Waals surface area contributed by atoms with E-state index in [4.69, 9.17) is 16.3 Å². The minimum atomic E-state index is -0.984. The van der Waals surface area contributed by atoms with Gasteiger partial charge in [-0.05, 0) is 55.2 Å². The molecule has 5 heteroatoms. The van der Waals surface area contributed by atoms with Crippen molar-refractivity contribution in [3.05, 3.63) is 76.1 Å². The first-order valence-electron chi connectivity index (χ1n) is 8.83. The van der Waals surface area contributed by atoms with Crippen molar-refractivity contribution in [2.24, 2.45) is 5.92 Å². The Morgan fingerprint density at radius 2 is 1.93 bits per heavy atom. The summed E-state index contributed by atoms with van der Waals surface area (Å²) < 4.78 is 18.6. The number of carbonyl (C=O) groups excluding carboxylic acids is 2. The van der Waals surface area contributed by atoms with Crippen LogP contribution in [0.15, 0.2) is 48.5 Å². The van der Waals surface area contributed by atoms with Crippen molar-refractivity contribution in [3.8, 4) is 0 Å². The van der Waals surface area contributed by atoms with Crippen LogP contribution in [-0.2, 0) is 14.3 Å². The second kappa shape index (κ2) is 8.05. The predicted molar refractivity (Wildman–Crippen MR) is 103 cm³/mol. The van der Waals surface area contributed by atoms with Crippen LogP contribution in [0.2, 0.25) is 5.02 Å². The number of esters is 1. The number of allylic oxidation sites excluding steroid dienone is 2. The Morgan fingerprint density at radius 1 is 1.22 bits per heavy atom. The molecule has 0 saturated carbocycles. The van der Waals surface area contributed by atoms with Crippen molar-refractivity contribution in [3.63, 3.8) is 0 Å². The average molecular weight is 387 g/mol. The minimum Gasteiger partial charge on any atom is -0.465 e. The third-order valence-corrected chi connectivity index (χ3v) is 5.12. The lowest BCUT2D eigenvalue weighted by atomic mass is 9.73. The fraction of sp³-hybridized carbons (Fsp3) is 0.273. The Hall–Kier alpha value is -2.46. The van der Waals surface area contributed by atoms with Crippen LogP contribution in [0, 0.1) is 18.7 Å². The van der Waals surface area contributed by atoms with Crippen molar-refractivity contribution >= 4 is 28.9 Å². The molecule has 0 unspecified atom stereocenters. The summed E-state index contributed by atoms with van der Waals surface area (Å²) >= 11 is 6.25. The van der Waals surface area contributed by atoms with E-state index < -0.39 is 23.6 Å². The number of hydrogen-bond donors (Lipinski definition) is 0. The molecule has 0 fully saturated rings. The lowest BCUT2D eigenvalue weighted by Gasteiger charge is -2.30. The summed E-state index contributed by atoms with van der Waals surface area (Å²) in [6, 6.07) is 11.9. The Bertz CT molecular complexity index is 902.